The summed E-state index contributed by atoms with van der Waals surface area (Å²) in [5, 5.41) is 25.2. The molecule has 1 saturated carbocycles. The standard InChI is InChI=1S/C17H23N5O2/c23-15-10-5-4-9-14(15)18-16(24)11-6-12-22-20-17(19-21-22)13-7-2-1-3-8-13/h1-3,7-8,14-15,23H,4-6,9-12H2,(H,18,24). The van der Waals surface area contributed by atoms with E-state index < -0.39 is 6.10 Å². The van der Waals surface area contributed by atoms with Crippen LogP contribution in [0.5, 0.6) is 0 Å². The van der Waals surface area contributed by atoms with Gasteiger partial charge in [0.05, 0.1) is 18.7 Å². The van der Waals surface area contributed by atoms with Gasteiger partial charge in [-0.15, -0.1) is 10.2 Å². The van der Waals surface area contributed by atoms with Crippen LogP contribution in [0.1, 0.15) is 38.5 Å². The number of aromatic nitrogens is 4. The van der Waals surface area contributed by atoms with Gasteiger partial charge in [0.2, 0.25) is 11.7 Å². The number of amides is 1. The zero-order valence-electron chi connectivity index (χ0n) is 13.6. The summed E-state index contributed by atoms with van der Waals surface area (Å²) in [6.07, 6.45) is 4.36. The molecule has 0 aliphatic heterocycles. The van der Waals surface area contributed by atoms with Gasteiger partial charge >= 0.3 is 0 Å². The predicted octanol–water partition coefficient (Wildman–Crippen LogP) is 1.54. The number of nitrogens with zero attached hydrogens (tertiary/aromatic N) is 4. The molecule has 2 atom stereocenters. The van der Waals surface area contributed by atoms with Crippen molar-refractivity contribution < 1.29 is 9.90 Å². The molecule has 2 aromatic rings. The highest BCUT2D eigenvalue weighted by molar-refractivity contribution is 5.76. The number of nitrogens with one attached hydrogen (secondary N) is 1. The van der Waals surface area contributed by atoms with E-state index in [4.69, 9.17) is 0 Å². The number of carbonyl (C=O) groups excluding carboxylic acids is 1. The first-order chi connectivity index (χ1) is 11.7. The van der Waals surface area contributed by atoms with E-state index in [0.717, 1.165) is 31.2 Å². The van der Waals surface area contributed by atoms with Gasteiger partial charge in [-0.05, 0) is 24.5 Å². The average molecular weight is 329 g/mol. The monoisotopic (exact) mass is 329 g/mol. The molecule has 0 bridgehead atoms. The van der Waals surface area contributed by atoms with Gasteiger partial charge in [-0.1, -0.05) is 43.2 Å². The Morgan fingerprint density at radius 1 is 1.25 bits per heavy atom. The van der Waals surface area contributed by atoms with Gasteiger partial charge in [-0.3, -0.25) is 4.79 Å². The molecule has 7 nitrogen and oxygen atoms in total. The van der Waals surface area contributed by atoms with Crippen LogP contribution in [0.25, 0.3) is 11.4 Å². The third-order valence-corrected chi connectivity index (χ3v) is 4.32. The topological polar surface area (TPSA) is 92.9 Å². The fourth-order valence-electron chi connectivity index (χ4n) is 2.98. The van der Waals surface area contributed by atoms with Crippen molar-refractivity contribution in [3.05, 3.63) is 30.3 Å². The van der Waals surface area contributed by atoms with Gasteiger partial charge in [0.15, 0.2) is 0 Å². The van der Waals surface area contributed by atoms with Crippen molar-refractivity contribution in [3.63, 3.8) is 0 Å². The molecular weight excluding hydrogens is 306 g/mol. The summed E-state index contributed by atoms with van der Waals surface area (Å²) in [6, 6.07) is 9.57. The minimum absolute atomic E-state index is 0.0238. The fraction of sp³-hybridized carbons (Fsp3) is 0.529. The van der Waals surface area contributed by atoms with Crippen molar-refractivity contribution in [2.24, 2.45) is 0 Å². The minimum Gasteiger partial charge on any atom is -0.391 e. The zero-order valence-corrected chi connectivity index (χ0v) is 13.6. The van der Waals surface area contributed by atoms with E-state index in [1.165, 1.54) is 4.80 Å². The molecule has 7 heteroatoms. The molecule has 1 heterocycles. The van der Waals surface area contributed by atoms with E-state index in [0.29, 0.717) is 25.2 Å². The van der Waals surface area contributed by atoms with Crippen LogP contribution in [0.3, 0.4) is 0 Å². The number of tetrazole rings is 1. The van der Waals surface area contributed by atoms with Gasteiger partial charge in [-0.2, -0.15) is 4.80 Å². The number of aliphatic hydroxyl groups excluding tert-OH is 1. The van der Waals surface area contributed by atoms with Gasteiger partial charge in [-0.25, -0.2) is 0 Å². The van der Waals surface area contributed by atoms with Gasteiger partial charge in [0.1, 0.15) is 0 Å². The molecule has 24 heavy (non-hydrogen) atoms. The largest absolute Gasteiger partial charge is 0.391 e. The Labute approximate surface area is 141 Å². The highest BCUT2D eigenvalue weighted by Gasteiger charge is 2.24. The average Bonchev–Trinajstić information content (AvgIpc) is 3.07. The summed E-state index contributed by atoms with van der Waals surface area (Å²) >= 11 is 0. The highest BCUT2D eigenvalue weighted by atomic mass is 16.3. The Kier molecular flexibility index (Phi) is 5.53. The molecule has 1 aromatic heterocycles. The second-order valence-corrected chi connectivity index (χ2v) is 6.20. The summed E-state index contributed by atoms with van der Waals surface area (Å²) in [5.74, 6) is 0.565. The Bertz CT molecular complexity index is 658. The molecule has 1 aliphatic carbocycles. The molecule has 2 N–H and O–H groups in total. The Morgan fingerprint density at radius 2 is 2.04 bits per heavy atom. The highest BCUT2D eigenvalue weighted by Crippen LogP contribution is 2.18. The first kappa shape index (κ1) is 16.6. The van der Waals surface area contributed by atoms with E-state index in [-0.39, 0.29) is 11.9 Å². The minimum atomic E-state index is -0.409. The number of carbonyl (C=O) groups is 1. The second-order valence-electron chi connectivity index (χ2n) is 6.20. The van der Waals surface area contributed by atoms with Crippen LogP contribution in [-0.4, -0.2) is 43.4 Å². The number of hydrogen-bond acceptors (Lipinski definition) is 5. The fourth-order valence-corrected chi connectivity index (χ4v) is 2.98. The smallest absolute Gasteiger partial charge is 0.220 e. The van der Waals surface area contributed by atoms with Crippen LogP contribution in [0.15, 0.2) is 30.3 Å². The summed E-state index contributed by atoms with van der Waals surface area (Å²) in [5.41, 5.74) is 0.924. The Hall–Kier alpha value is -2.28. The Morgan fingerprint density at radius 3 is 2.83 bits per heavy atom. The van der Waals surface area contributed by atoms with Crippen molar-refractivity contribution >= 4 is 5.91 Å². The van der Waals surface area contributed by atoms with Crippen LogP contribution in [0.4, 0.5) is 0 Å². The van der Waals surface area contributed by atoms with Gasteiger partial charge in [0, 0.05) is 12.0 Å². The second kappa shape index (κ2) is 8.01. The number of aryl methyl sites for hydroxylation is 1. The SMILES string of the molecule is O=C(CCCn1nnc(-c2ccccc2)n1)NC1CCCCC1O. The first-order valence-electron chi connectivity index (χ1n) is 8.53. The van der Waals surface area contributed by atoms with E-state index in [1.54, 1.807) is 0 Å². The molecule has 0 radical (unpaired) electrons. The molecule has 128 valence electrons. The lowest BCUT2D eigenvalue weighted by Gasteiger charge is -2.28. The quantitative estimate of drug-likeness (QED) is 0.838. The van der Waals surface area contributed by atoms with E-state index >= 15 is 0 Å². The molecule has 1 aromatic carbocycles. The lowest BCUT2D eigenvalue weighted by Crippen LogP contribution is -2.45. The number of benzene rings is 1. The lowest BCUT2D eigenvalue weighted by molar-refractivity contribution is -0.123. The number of rotatable bonds is 6. The summed E-state index contributed by atoms with van der Waals surface area (Å²) in [4.78, 5) is 13.5. The van der Waals surface area contributed by atoms with Crippen LogP contribution in [0.2, 0.25) is 0 Å². The van der Waals surface area contributed by atoms with Crippen LogP contribution in [0, 0.1) is 0 Å². The molecule has 0 saturated heterocycles. The lowest BCUT2D eigenvalue weighted by atomic mass is 9.92. The molecule has 3 rings (SSSR count). The van der Waals surface area contributed by atoms with Crippen molar-refractivity contribution in [2.75, 3.05) is 0 Å². The number of aliphatic hydroxyl groups is 1. The number of hydrogen-bond donors (Lipinski definition) is 2. The van der Waals surface area contributed by atoms with Crippen molar-refractivity contribution in [1.29, 1.82) is 0 Å². The summed E-state index contributed by atoms with van der Waals surface area (Å²) in [6.45, 7) is 0.542. The van der Waals surface area contributed by atoms with Crippen molar-refractivity contribution in [3.8, 4) is 11.4 Å². The molecule has 1 amide bonds. The molecule has 0 spiro atoms. The zero-order chi connectivity index (χ0) is 16.8. The van der Waals surface area contributed by atoms with Crippen molar-refractivity contribution in [2.45, 2.75) is 57.2 Å². The summed E-state index contributed by atoms with van der Waals surface area (Å²) < 4.78 is 0. The van der Waals surface area contributed by atoms with E-state index in [2.05, 4.69) is 20.7 Å². The van der Waals surface area contributed by atoms with Crippen LogP contribution < -0.4 is 5.32 Å². The van der Waals surface area contributed by atoms with E-state index in [1.807, 2.05) is 30.3 Å². The normalized spacial score (nSPS) is 20.7. The Balaban J connectivity index is 1.43. The van der Waals surface area contributed by atoms with Crippen LogP contribution in [-0.2, 0) is 11.3 Å². The maximum absolute atomic E-state index is 12.0. The molecular formula is C17H23N5O2. The maximum atomic E-state index is 12.0. The summed E-state index contributed by atoms with van der Waals surface area (Å²) in [7, 11) is 0. The van der Waals surface area contributed by atoms with Gasteiger partial charge in [0.25, 0.3) is 0 Å². The molecule has 2 unspecified atom stereocenters. The molecule has 1 aliphatic rings. The predicted molar refractivity (Wildman–Crippen MR) is 88.9 cm³/mol. The van der Waals surface area contributed by atoms with Crippen LogP contribution >= 0.6 is 0 Å². The first-order valence-corrected chi connectivity index (χ1v) is 8.53. The maximum Gasteiger partial charge on any atom is 0.220 e. The van der Waals surface area contributed by atoms with E-state index in [9.17, 15) is 9.90 Å². The third-order valence-electron chi connectivity index (χ3n) is 4.32. The van der Waals surface area contributed by atoms with Crippen molar-refractivity contribution in [1.82, 2.24) is 25.5 Å². The van der Waals surface area contributed by atoms with Gasteiger partial charge < -0.3 is 10.4 Å². The third kappa shape index (κ3) is 4.38. The molecule has 1 fully saturated rings.